The van der Waals surface area contributed by atoms with Crippen molar-refractivity contribution in [2.24, 2.45) is 5.92 Å². The van der Waals surface area contributed by atoms with Crippen LogP contribution in [0.15, 0.2) is 0 Å². The molecule has 1 saturated carbocycles. The third-order valence-electron chi connectivity index (χ3n) is 3.15. The first kappa shape index (κ1) is 15.8. The van der Waals surface area contributed by atoms with Gasteiger partial charge in [0.05, 0.1) is 7.11 Å². The van der Waals surface area contributed by atoms with Gasteiger partial charge in [-0.1, -0.05) is 0 Å². The average molecular weight is 275 g/mol. The quantitative estimate of drug-likeness (QED) is 0.492. The van der Waals surface area contributed by atoms with E-state index in [-0.39, 0.29) is 18.6 Å². The maximum absolute atomic E-state index is 12.2. The number of nitrogens with one attached hydrogen (secondary N) is 1. The van der Waals surface area contributed by atoms with Gasteiger partial charge < -0.3 is 9.84 Å². The van der Waals surface area contributed by atoms with Crippen LogP contribution in [0.4, 0.5) is 0 Å². The Kier molecular flexibility index (Phi) is 6.46. The summed E-state index contributed by atoms with van der Waals surface area (Å²) in [5.74, 6) is 1.86. The van der Waals surface area contributed by atoms with Crippen LogP contribution in [0.25, 0.3) is 0 Å². The number of thioether (sulfide) groups is 1. The van der Waals surface area contributed by atoms with E-state index in [4.69, 9.17) is 9.84 Å². The monoisotopic (exact) mass is 275 g/mol. The molecule has 1 atom stereocenters. The first-order valence-corrected chi connectivity index (χ1v) is 7.77. The minimum absolute atomic E-state index is 0.143. The van der Waals surface area contributed by atoms with Crippen LogP contribution < -0.4 is 5.32 Å². The highest BCUT2D eigenvalue weighted by Crippen LogP contribution is 2.42. The Hall–Kier alpha value is -0.260. The fourth-order valence-corrected chi connectivity index (χ4v) is 3.47. The molecule has 5 heteroatoms. The van der Waals surface area contributed by atoms with E-state index in [1.807, 2.05) is 0 Å². The second-order valence-corrected chi connectivity index (χ2v) is 6.27. The maximum Gasteiger partial charge on any atom is 0.327 e. The summed E-state index contributed by atoms with van der Waals surface area (Å²) in [4.78, 5) is 12.2. The van der Waals surface area contributed by atoms with Crippen molar-refractivity contribution < 1.29 is 14.6 Å². The number of carbonyl (C=O) groups is 1. The average Bonchev–Trinajstić information content (AvgIpc) is 3.16. The van der Waals surface area contributed by atoms with E-state index >= 15 is 0 Å². The van der Waals surface area contributed by atoms with Crippen LogP contribution >= 0.6 is 11.8 Å². The standard InChI is InChI=1S/C13H25NO3S/c1-10(2)14-13(11-5-6-11,12(16)17-3)9-18-8-4-7-15/h10-11,14-15H,4-9H2,1-3H3. The molecule has 1 unspecified atom stereocenters. The molecule has 0 radical (unpaired) electrons. The highest BCUT2D eigenvalue weighted by molar-refractivity contribution is 7.99. The van der Waals surface area contributed by atoms with Crippen LogP contribution in [0.2, 0.25) is 0 Å². The van der Waals surface area contributed by atoms with E-state index in [9.17, 15) is 4.79 Å². The van der Waals surface area contributed by atoms with Crippen molar-refractivity contribution in [3.63, 3.8) is 0 Å². The summed E-state index contributed by atoms with van der Waals surface area (Å²) in [6.07, 6.45) is 2.96. The predicted molar refractivity (Wildman–Crippen MR) is 74.8 cm³/mol. The molecule has 1 aliphatic rings. The first-order chi connectivity index (χ1) is 8.56. The number of carbonyl (C=O) groups excluding carboxylic acids is 1. The summed E-state index contributed by atoms with van der Waals surface area (Å²) >= 11 is 1.72. The van der Waals surface area contributed by atoms with Crippen LogP contribution in [0, 0.1) is 5.92 Å². The molecular formula is C13H25NO3S. The van der Waals surface area contributed by atoms with E-state index in [2.05, 4.69) is 19.2 Å². The minimum atomic E-state index is -0.539. The first-order valence-electron chi connectivity index (χ1n) is 6.61. The van der Waals surface area contributed by atoms with Gasteiger partial charge in [0.2, 0.25) is 0 Å². The minimum Gasteiger partial charge on any atom is -0.468 e. The summed E-state index contributed by atoms with van der Waals surface area (Å²) in [7, 11) is 1.46. The smallest absolute Gasteiger partial charge is 0.327 e. The molecule has 0 aliphatic heterocycles. The normalized spacial score (nSPS) is 18.7. The third kappa shape index (κ3) is 4.14. The van der Waals surface area contributed by atoms with Gasteiger partial charge in [-0.3, -0.25) is 10.1 Å². The molecule has 1 aliphatic carbocycles. The Morgan fingerprint density at radius 1 is 1.56 bits per heavy atom. The van der Waals surface area contributed by atoms with Crippen LogP contribution in [-0.2, 0) is 9.53 Å². The van der Waals surface area contributed by atoms with Crippen LogP contribution in [0.3, 0.4) is 0 Å². The molecule has 18 heavy (non-hydrogen) atoms. The molecule has 0 spiro atoms. The summed E-state index contributed by atoms with van der Waals surface area (Å²) in [6, 6.07) is 0.253. The lowest BCUT2D eigenvalue weighted by atomic mass is 9.94. The predicted octanol–water partition coefficient (Wildman–Crippen LogP) is 1.42. The largest absolute Gasteiger partial charge is 0.468 e. The van der Waals surface area contributed by atoms with Gasteiger partial charge in [-0.2, -0.15) is 11.8 Å². The molecule has 0 amide bonds. The highest BCUT2D eigenvalue weighted by atomic mass is 32.2. The zero-order valence-corrected chi connectivity index (χ0v) is 12.4. The highest BCUT2D eigenvalue weighted by Gasteiger charge is 2.51. The number of methoxy groups -OCH3 is 1. The molecule has 0 aromatic carbocycles. The molecule has 0 aromatic rings. The molecule has 4 nitrogen and oxygen atoms in total. The van der Waals surface area contributed by atoms with Gasteiger partial charge in [-0.05, 0) is 44.8 Å². The molecule has 0 aromatic heterocycles. The number of hydrogen-bond donors (Lipinski definition) is 2. The van der Waals surface area contributed by atoms with Crippen molar-refractivity contribution in [3.05, 3.63) is 0 Å². The Bertz CT molecular complexity index is 269. The number of esters is 1. The zero-order valence-electron chi connectivity index (χ0n) is 11.6. The fraction of sp³-hybridized carbons (Fsp3) is 0.923. The SMILES string of the molecule is COC(=O)C(CSCCCO)(NC(C)C)C1CC1. The lowest BCUT2D eigenvalue weighted by Gasteiger charge is -2.34. The summed E-state index contributed by atoms with van der Waals surface area (Å²) < 4.78 is 5.01. The van der Waals surface area contributed by atoms with Crippen molar-refractivity contribution in [2.45, 2.75) is 44.7 Å². The van der Waals surface area contributed by atoms with Gasteiger partial charge in [0.1, 0.15) is 5.54 Å². The molecule has 0 bridgehead atoms. The van der Waals surface area contributed by atoms with E-state index in [1.54, 1.807) is 11.8 Å². The van der Waals surface area contributed by atoms with Crippen molar-refractivity contribution in [2.75, 3.05) is 25.2 Å². The number of aliphatic hydroxyl groups is 1. The Morgan fingerprint density at radius 2 is 2.22 bits per heavy atom. The van der Waals surface area contributed by atoms with E-state index < -0.39 is 5.54 Å². The van der Waals surface area contributed by atoms with Crippen LogP contribution in [0.1, 0.15) is 33.1 Å². The zero-order chi connectivity index (χ0) is 13.6. The summed E-state index contributed by atoms with van der Waals surface area (Å²) in [5, 5.41) is 12.2. The van der Waals surface area contributed by atoms with Crippen LogP contribution in [0.5, 0.6) is 0 Å². The lowest BCUT2D eigenvalue weighted by Crippen LogP contribution is -2.59. The number of aliphatic hydroxyl groups excluding tert-OH is 1. The number of hydrogen-bond acceptors (Lipinski definition) is 5. The molecule has 0 heterocycles. The summed E-state index contributed by atoms with van der Waals surface area (Å²) in [5.41, 5.74) is -0.539. The molecule has 0 saturated heterocycles. The number of rotatable bonds is 9. The Labute approximate surface area is 114 Å². The summed E-state index contributed by atoms with van der Waals surface area (Å²) in [6.45, 7) is 4.32. The van der Waals surface area contributed by atoms with Gasteiger partial charge >= 0.3 is 5.97 Å². The van der Waals surface area contributed by atoms with Gasteiger partial charge in [0.25, 0.3) is 0 Å². The van der Waals surface area contributed by atoms with Crippen molar-refractivity contribution >= 4 is 17.7 Å². The van der Waals surface area contributed by atoms with Gasteiger partial charge in [-0.15, -0.1) is 0 Å². The topological polar surface area (TPSA) is 58.6 Å². The number of ether oxygens (including phenoxy) is 1. The van der Waals surface area contributed by atoms with E-state index in [0.717, 1.165) is 30.8 Å². The molecular weight excluding hydrogens is 250 g/mol. The lowest BCUT2D eigenvalue weighted by molar-refractivity contribution is -0.148. The Balaban J connectivity index is 2.67. The molecule has 106 valence electrons. The Morgan fingerprint density at radius 3 is 2.67 bits per heavy atom. The second kappa shape index (κ2) is 7.36. The van der Waals surface area contributed by atoms with Gasteiger partial charge in [0, 0.05) is 18.4 Å². The van der Waals surface area contributed by atoms with Crippen LogP contribution in [-0.4, -0.2) is 47.9 Å². The van der Waals surface area contributed by atoms with E-state index in [0.29, 0.717) is 5.92 Å². The van der Waals surface area contributed by atoms with Crippen molar-refractivity contribution in [1.29, 1.82) is 0 Å². The van der Waals surface area contributed by atoms with Gasteiger partial charge in [-0.25, -0.2) is 0 Å². The van der Waals surface area contributed by atoms with E-state index in [1.165, 1.54) is 7.11 Å². The maximum atomic E-state index is 12.2. The van der Waals surface area contributed by atoms with Crippen molar-refractivity contribution in [1.82, 2.24) is 5.32 Å². The molecule has 1 rings (SSSR count). The fourth-order valence-electron chi connectivity index (χ4n) is 2.24. The molecule has 1 fully saturated rings. The van der Waals surface area contributed by atoms with Gasteiger partial charge in [0.15, 0.2) is 0 Å². The second-order valence-electron chi connectivity index (χ2n) is 5.17. The third-order valence-corrected chi connectivity index (χ3v) is 4.38. The van der Waals surface area contributed by atoms with Crippen molar-refractivity contribution in [3.8, 4) is 0 Å². The molecule has 2 N–H and O–H groups in total.